The Kier molecular flexibility index (Phi) is 6.87. The number of amides is 1. The summed E-state index contributed by atoms with van der Waals surface area (Å²) >= 11 is 11.8. The van der Waals surface area contributed by atoms with Crippen LogP contribution in [0.5, 0.6) is 5.75 Å². The Morgan fingerprint density at radius 2 is 1.60 bits per heavy atom. The highest BCUT2D eigenvalue weighted by Gasteiger charge is 2.15. The van der Waals surface area contributed by atoms with Gasteiger partial charge in [0.15, 0.2) is 6.61 Å². The zero-order valence-electron chi connectivity index (χ0n) is 15.9. The molecule has 0 aromatic heterocycles. The van der Waals surface area contributed by atoms with Crippen molar-refractivity contribution in [3.05, 3.63) is 82.3 Å². The number of nitrogens with one attached hydrogen (secondary N) is 2. The molecule has 0 bridgehead atoms. The molecule has 1 amide bonds. The lowest BCUT2D eigenvalue weighted by molar-refractivity contribution is -0.118. The third-order valence-corrected chi connectivity index (χ3v) is 5.86. The van der Waals surface area contributed by atoms with E-state index >= 15 is 0 Å². The van der Waals surface area contributed by atoms with E-state index in [9.17, 15) is 13.2 Å². The Bertz CT molecular complexity index is 1150. The summed E-state index contributed by atoms with van der Waals surface area (Å²) in [6.07, 6.45) is 0. The van der Waals surface area contributed by atoms with Crippen molar-refractivity contribution in [2.24, 2.45) is 0 Å². The molecule has 0 heterocycles. The molecule has 0 fully saturated rings. The van der Waals surface area contributed by atoms with E-state index in [1.807, 2.05) is 19.1 Å². The Balaban J connectivity index is 1.60. The summed E-state index contributed by atoms with van der Waals surface area (Å²) in [5.41, 5.74) is 1.77. The van der Waals surface area contributed by atoms with Crippen LogP contribution in [0.1, 0.15) is 5.56 Å². The van der Waals surface area contributed by atoms with Crippen molar-refractivity contribution in [3.8, 4) is 5.75 Å². The Hall–Kier alpha value is -2.74. The monoisotopic (exact) mass is 464 g/mol. The van der Waals surface area contributed by atoms with Crippen molar-refractivity contribution in [1.29, 1.82) is 0 Å². The van der Waals surface area contributed by atoms with Gasteiger partial charge in [-0.15, -0.1) is 0 Å². The molecule has 3 rings (SSSR count). The first kappa shape index (κ1) is 22.0. The number of rotatable bonds is 7. The minimum Gasteiger partial charge on any atom is -0.484 e. The van der Waals surface area contributed by atoms with Crippen molar-refractivity contribution in [2.75, 3.05) is 16.6 Å². The molecule has 0 atom stereocenters. The highest BCUT2D eigenvalue weighted by atomic mass is 35.5. The van der Waals surface area contributed by atoms with Crippen LogP contribution < -0.4 is 14.8 Å². The van der Waals surface area contributed by atoms with E-state index in [4.69, 9.17) is 27.9 Å². The van der Waals surface area contributed by atoms with Crippen LogP contribution in [0.2, 0.25) is 10.0 Å². The first-order valence-corrected chi connectivity index (χ1v) is 11.0. The first-order chi connectivity index (χ1) is 14.2. The molecule has 9 heteroatoms. The highest BCUT2D eigenvalue weighted by Crippen LogP contribution is 2.23. The van der Waals surface area contributed by atoms with Crippen LogP contribution in [-0.2, 0) is 14.8 Å². The lowest BCUT2D eigenvalue weighted by atomic mass is 10.2. The molecule has 0 unspecified atom stereocenters. The summed E-state index contributed by atoms with van der Waals surface area (Å²) < 4.78 is 33.1. The second-order valence-corrected chi connectivity index (χ2v) is 8.94. The molecule has 0 aliphatic rings. The average molecular weight is 465 g/mol. The van der Waals surface area contributed by atoms with Gasteiger partial charge in [-0.25, -0.2) is 8.42 Å². The second kappa shape index (κ2) is 9.38. The molecule has 0 saturated heterocycles. The normalized spacial score (nSPS) is 11.0. The number of hydrogen-bond donors (Lipinski definition) is 2. The van der Waals surface area contributed by atoms with Gasteiger partial charge in [-0.2, -0.15) is 0 Å². The van der Waals surface area contributed by atoms with E-state index < -0.39 is 15.9 Å². The number of benzene rings is 3. The SMILES string of the molecule is Cc1ccccc1NS(=O)(=O)c1ccc(OCC(=O)Nc2cc(Cl)cc(Cl)c2)cc1. The summed E-state index contributed by atoms with van der Waals surface area (Å²) in [5, 5.41) is 3.42. The summed E-state index contributed by atoms with van der Waals surface area (Å²) in [4.78, 5) is 12.1. The summed E-state index contributed by atoms with van der Waals surface area (Å²) in [6, 6.07) is 17.5. The van der Waals surface area contributed by atoms with Crippen molar-refractivity contribution in [2.45, 2.75) is 11.8 Å². The predicted octanol–water partition coefficient (Wildman–Crippen LogP) is 5.12. The molecule has 0 saturated carbocycles. The third-order valence-electron chi connectivity index (χ3n) is 4.04. The van der Waals surface area contributed by atoms with E-state index in [0.29, 0.717) is 27.2 Å². The fourth-order valence-corrected chi connectivity index (χ4v) is 4.23. The van der Waals surface area contributed by atoms with Crippen molar-refractivity contribution in [3.63, 3.8) is 0 Å². The topological polar surface area (TPSA) is 84.5 Å². The molecule has 0 spiro atoms. The third kappa shape index (κ3) is 5.89. The maximum Gasteiger partial charge on any atom is 0.262 e. The number of halogens is 2. The maximum atomic E-state index is 12.6. The Labute approximate surface area is 184 Å². The summed E-state index contributed by atoms with van der Waals surface area (Å²) in [7, 11) is -3.74. The average Bonchev–Trinajstić information content (AvgIpc) is 2.67. The summed E-state index contributed by atoms with van der Waals surface area (Å²) in [6.45, 7) is 1.55. The van der Waals surface area contributed by atoms with E-state index in [1.54, 1.807) is 30.3 Å². The standard InChI is InChI=1S/C21H18Cl2N2O4S/c1-14-4-2-3-5-20(14)25-30(27,28)19-8-6-18(7-9-19)29-13-21(26)24-17-11-15(22)10-16(23)12-17/h2-12,25H,13H2,1H3,(H,24,26). The molecule has 2 N–H and O–H groups in total. The van der Waals surface area contributed by atoms with Crippen LogP contribution in [0, 0.1) is 6.92 Å². The van der Waals surface area contributed by atoms with E-state index in [-0.39, 0.29) is 11.5 Å². The largest absolute Gasteiger partial charge is 0.484 e. The van der Waals surface area contributed by atoms with Crippen LogP contribution in [0.25, 0.3) is 0 Å². The molecule has 6 nitrogen and oxygen atoms in total. The zero-order chi connectivity index (χ0) is 21.7. The van der Waals surface area contributed by atoms with Gasteiger partial charge in [0, 0.05) is 15.7 Å². The number of ether oxygens (including phenoxy) is 1. The molecule has 30 heavy (non-hydrogen) atoms. The molecule has 0 radical (unpaired) electrons. The molecule has 3 aromatic carbocycles. The second-order valence-electron chi connectivity index (χ2n) is 6.39. The van der Waals surface area contributed by atoms with Crippen LogP contribution in [0.15, 0.2) is 71.6 Å². The summed E-state index contributed by atoms with van der Waals surface area (Å²) in [5.74, 6) is -0.0598. The van der Waals surface area contributed by atoms with Gasteiger partial charge in [-0.05, 0) is 61.0 Å². The van der Waals surface area contributed by atoms with Crippen LogP contribution in [0.3, 0.4) is 0 Å². The minimum atomic E-state index is -3.74. The van der Waals surface area contributed by atoms with Gasteiger partial charge in [0.1, 0.15) is 5.75 Å². The van der Waals surface area contributed by atoms with Crippen LogP contribution in [0.4, 0.5) is 11.4 Å². The van der Waals surface area contributed by atoms with E-state index in [1.165, 1.54) is 24.3 Å². The molecular formula is C21H18Cl2N2O4S. The minimum absolute atomic E-state index is 0.0797. The van der Waals surface area contributed by atoms with Gasteiger partial charge < -0.3 is 10.1 Å². The highest BCUT2D eigenvalue weighted by molar-refractivity contribution is 7.92. The fourth-order valence-electron chi connectivity index (χ4n) is 2.58. The van der Waals surface area contributed by atoms with Crippen molar-refractivity contribution >= 4 is 50.5 Å². The van der Waals surface area contributed by atoms with Gasteiger partial charge in [0.25, 0.3) is 15.9 Å². The van der Waals surface area contributed by atoms with Gasteiger partial charge in [-0.3, -0.25) is 9.52 Å². The number of para-hydroxylation sites is 1. The molecular weight excluding hydrogens is 447 g/mol. The predicted molar refractivity (Wildman–Crippen MR) is 119 cm³/mol. The van der Waals surface area contributed by atoms with Crippen molar-refractivity contribution in [1.82, 2.24) is 0 Å². The quantitative estimate of drug-likeness (QED) is 0.507. The lowest BCUT2D eigenvalue weighted by Crippen LogP contribution is -2.20. The molecule has 0 aliphatic heterocycles. The van der Waals surface area contributed by atoms with Crippen molar-refractivity contribution < 1.29 is 17.9 Å². The molecule has 3 aromatic rings. The Morgan fingerprint density at radius 1 is 0.967 bits per heavy atom. The van der Waals surface area contributed by atoms with Gasteiger partial charge in [0.05, 0.1) is 10.6 Å². The molecule has 0 aliphatic carbocycles. The smallest absolute Gasteiger partial charge is 0.262 e. The first-order valence-electron chi connectivity index (χ1n) is 8.80. The van der Waals surface area contributed by atoms with Gasteiger partial charge in [0.2, 0.25) is 0 Å². The number of carbonyl (C=O) groups excluding carboxylic acids is 1. The maximum absolute atomic E-state index is 12.6. The number of sulfonamides is 1. The van der Waals surface area contributed by atoms with Crippen LogP contribution in [-0.4, -0.2) is 20.9 Å². The zero-order valence-corrected chi connectivity index (χ0v) is 18.2. The van der Waals surface area contributed by atoms with E-state index in [2.05, 4.69) is 10.0 Å². The molecule has 156 valence electrons. The van der Waals surface area contributed by atoms with Crippen LogP contribution >= 0.6 is 23.2 Å². The number of anilines is 2. The lowest BCUT2D eigenvalue weighted by Gasteiger charge is -2.11. The van der Waals surface area contributed by atoms with Gasteiger partial charge in [-0.1, -0.05) is 41.4 Å². The fraction of sp³-hybridized carbons (Fsp3) is 0.0952. The number of hydrogen-bond acceptors (Lipinski definition) is 4. The van der Waals surface area contributed by atoms with Gasteiger partial charge >= 0.3 is 0 Å². The number of carbonyl (C=O) groups is 1. The number of aryl methyl sites for hydroxylation is 1. The Morgan fingerprint density at radius 3 is 2.23 bits per heavy atom. The van der Waals surface area contributed by atoms with E-state index in [0.717, 1.165) is 5.56 Å².